The van der Waals surface area contributed by atoms with E-state index in [4.69, 9.17) is 0 Å². The lowest BCUT2D eigenvalue weighted by molar-refractivity contribution is 1.25. The molecule has 0 fully saturated rings. The maximum absolute atomic E-state index is 2.65. The van der Waals surface area contributed by atoms with Crippen LogP contribution in [0, 0.1) is 6.92 Å². The highest BCUT2D eigenvalue weighted by atomic mass is 32.2. The number of fused-ring (bicyclic) bond motifs is 7. The van der Waals surface area contributed by atoms with Crippen molar-refractivity contribution in [3.63, 3.8) is 0 Å². The van der Waals surface area contributed by atoms with Crippen molar-refractivity contribution in [2.75, 3.05) is 4.90 Å². The van der Waals surface area contributed by atoms with Gasteiger partial charge in [0, 0.05) is 26.9 Å². The number of hydrogen-bond donors (Lipinski definition) is 0. The van der Waals surface area contributed by atoms with Crippen LogP contribution in [0.4, 0.5) is 17.1 Å². The highest BCUT2D eigenvalue weighted by Gasteiger charge is 2.50. The highest BCUT2D eigenvalue weighted by molar-refractivity contribution is 8.00. The lowest BCUT2D eigenvalue weighted by atomic mass is 9.34. The zero-order chi connectivity index (χ0) is 31.1. The molecule has 4 heteroatoms. The van der Waals surface area contributed by atoms with Gasteiger partial charge < -0.3 is 4.90 Å². The Morgan fingerprint density at radius 2 is 1.15 bits per heavy atom. The van der Waals surface area contributed by atoms with Crippen molar-refractivity contribution in [1.82, 2.24) is 0 Å². The lowest BCUT2D eigenvalue weighted by Gasteiger charge is -2.41. The van der Waals surface area contributed by atoms with E-state index in [1.165, 1.54) is 80.7 Å². The van der Waals surface area contributed by atoms with Crippen molar-refractivity contribution in [3.05, 3.63) is 169 Å². The Hall–Kier alpha value is -5.03. The molecule has 0 saturated heterocycles. The highest BCUT2D eigenvalue weighted by Crippen LogP contribution is 2.43. The average Bonchev–Trinajstić information content (AvgIpc) is 3.41. The van der Waals surface area contributed by atoms with Crippen LogP contribution in [0.25, 0.3) is 11.1 Å². The van der Waals surface area contributed by atoms with Crippen LogP contribution in [0.5, 0.6) is 0 Å². The summed E-state index contributed by atoms with van der Waals surface area (Å²) >= 11 is 1.92. The molecule has 0 unspecified atom stereocenters. The predicted octanol–water partition coefficient (Wildman–Crippen LogP) is 6.12. The zero-order valence-electron chi connectivity index (χ0n) is 26.0. The third-order valence-corrected chi connectivity index (χ3v) is 16.4. The van der Waals surface area contributed by atoms with Crippen molar-refractivity contribution < 1.29 is 0 Å². The van der Waals surface area contributed by atoms with Gasteiger partial charge in [0.2, 0.25) is 6.71 Å². The van der Waals surface area contributed by atoms with E-state index >= 15 is 0 Å². The van der Waals surface area contributed by atoms with Crippen LogP contribution in [-0.2, 0) is 0 Å². The summed E-state index contributed by atoms with van der Waals surface area (Å²) in [5.41, 5.74) is 12.1. The molecule has 3 aliphatic rings. The van der Waals surface area contributed by atoms with E-state index in [9.17, 15) is 0 Å². The zero-order valence-corrected chi connectivity index (χ0v) is 27.8. The van der Waals surface area contributed by atoms with Crippen molar-refractivity contribution in [2.24, 2.45) is 0 Å². The Bertz CT molecular complexity index is 2320. The first-order valence-corrected chi connectivity index (χ1v) is 19.2. The molecular formula is C43H30BNSSi. The van der Waals surface area contributed by atoms with Crippen molar-refractivity contribution in [3.8, 4) is 11.1 Å². The largest absolute Gasteiger partial charge is 0.311 e. The fourth-order valence-corrected chi connectivity index (χ4v) is 15.1. The van der Waals surface area contributed by atoms with E-state index < -0.39 is 8.07 Å². The van der Waals surface area contributed by atoms with Crippen LogP contribution in [0.1, 0.15) is 5.56 Å². The van der Waals surface area contributed by atoms with Gasteiger partial charge in [0.15, 0.2) is 8.07 Å². The first-order chi connectivity index (χ1) is 23.2. The molecule has 47 heavy (non-hydrogen) atoms. The number of para-hydroxylation sites is 1. The van der Waals surface area contributed by atoms with Gasteiger partial charge in [0.05, 0.1) is 0 Å². The quantitative estimate of drug-likeness (QED) is 0.217. The van der Waals surface area contributed by atoms with Crippen molar-refractivity contribution in [2.45, 2.75) is 16.7 Å². The van der Waals surface area contributed by atoms with Gasteiger partial charge in [-0.15, -0.1) is 0 Å². The van der Waals surface area contributed by atoms with Crippen LogP contribution in [0.15, 0.2) is 174 Å². The Balaban J connectivity index is 1.37. The van der Waals surface area contributed by atoms with Gasteiger partial charge in [-0.05, 0) is 91.7 Å². The Morgan fingerprint density at radius 3 is 1.89 bits per heavy atom. The summed E-state index contributed by atoms with van der Waals surface area (Å²) in [7, 11) is -2.65. The fraction of sp³-hybridized carbons (Fsp3) is 0.0233. The molecule has 0 amide bonds. The second-order valence-corrected chi connectivity index (χ2v) is 17.7. The molecule has 0 bridgehead atoms. The van der Waals surface area contributed by atoms with Gasteiger partial charge in [-0.1, -0.05) is 145 Å². The number of rotatable bonds is 3. The van der Waals surface area contributed by atoms with Crippen LogP contribution in [0.2, 0.25) is 0 Å². The molecule has 0 spiro atoms. The summed E-state index contributed by atoms with van der Waals surface area (Å²) in [5, 5.41) is 5.81. The molecule has 3 heterocycles. The second-order valence-electron chi connectivity index (χ2n) is 12.9. The molecule has 0 radical (unpaired) electrons. The molecule has 3 aliphatic heterocycles. The third kappa shape index (κ3) is 3.74. The maximum atomic E-state index is 2.61. The van der Waals surface area contributed by atoms with Gasteiger partial charge in [0.1, 0.15) is 0 Å². The van der Waals surface area contributed by atoms with E-state index in [2.05, 4.69) is 176 Å². The first kappa shape index (κ1) is 27.1. The minimum atomic E-state index is -2.65. The number of benzene rings is 7. The summed E-state index contributed by atoms with van der Waals surface area (Å²) in [5.74, 6) is 0. The smallest absolute Gasteiger partial charge is 0.249 e. The van der Waals surface area contributed by atoms with Gasteiger partial charge in [-0.2, -0.15) is 0 Å². The molecule has 7 aromatic carbocycles. The van der Waals surface area contributed by atoms with Gasteiger partial charge in [-0.3, -0.25) is 0 Å². The number of anilines is 3. The number of aryl methyl sites for hydroxylation is 1. The van der Waals surface area contributed by atoms with Crippen LogP contribution in [0.3, 0.4) is 0 Å². The summed E-state index contributed by atoms with van der Waals surface area (Å²) in [4.78, 5) is 5.29. The van der Waals surface area contributed by atoms with Gasteiger partial charge in [-0.25, -0.2) is 0 Å². The number of nitrogens with zero attached hydrogens (tertiary/aromatic N) is 1. The van der Waals surface area contributed by atoms with Crippen LogP contribution in [-0.4, -0.2) is 14.8 Å². The first-order valence-electron chi connectivity index (χ1n) is 16.4. The van der Waals surface area contributed by atoms with Gasteiger partial charge in [0.25, 0.3) is 0 Å². The lowest BCUT2D eigenvalue weighted by Crippen LogP contribution is -2.73. The normalized spacial score (nSPS) is 14.5. The summed E-state index contributed by atoms with van der Waals surface area (Å²) in [6, 6.07) is 62.0. The SMILES string of the molecule is Cc1cc2c3c(c1)N(c1ccccc1)c1cc4c(cc1B3c1ccccc1S2)-c1ccccc1[Si]4(c1ccccc1)c1ccccc1. The second kappa shape index (κ2) is 10.2. The van der Waals surface area contributed by atoms with E-state index in [1.807, 2.05) is 11.8 Å². The van der Waals surface area contributed by atoms with E-state index in [0.717, 1.165) is 0 Å². The molecule has 0 saturated carbocycles. The molecular weight excluding hydrogens is 601 g/mol. The van der Waals surface area contributed by atoms with Crippen LogP contribution < -0.4 is 42.0 Å². The Labute approximate surface area is 281 Å². The summed E-state index contributed by atoms with van der Waals surface area (Å²) < 4.78 is 0. The standard InChI is InChI=1S/C43H30BNSSi/c1-29-25-38-43-40(26-29)46-39-23-13-12-22-35(39)44(43)36-27-34-33-21-11-14-24-41(33)47(31-17-7-3-8-18-31,32-19-9-4-10-20-32)42(34)28-37(36)45(38)30-15-5-2-6-16-30/h2-28H,1H3. The molecule has 0 atom stereocenters. The number of hydrogen-bond acceptors (Lipinski definition) is 2. The van der Waals surface area contributed by atoms with Gasteiger partial charge >= 0.3 is 0 Å². The molecule has 10 rings (SSSR count). The maximum Gasteiger partial charge on any atom is 0.249 e. The van der Waals surface area contributed by atoms with Crippen LogP contribution >= 0.6 is 11.8 Å². The van der Waals surface area contributed by atoms with E-state index in [1.54, 1.807) is 0 Å². The average molecular weight is 632 g/mol. The van der Waals surface area contributed by atoms with E-state index in [0.29, 0.717) is 0 Å². The molecule has 1 nitrogen and oxygen atoms in total. The molecule has 220 valence electrons. The summed E-state index contributed by atoms with van der Waals surface area (Å²) in [6.45, 7) is 2.41. The fourth-order valence-electron chi connectivity index (χ4n) is 8.62. The molecule has 7 aromatic rings. The molecule has 0 aliphatic carbocycles. The van der Waals surface area contributed by atoms with Crippen molar-refractivity contribution in [1.29, 1.82) is 0 Å². The molecule has 0 N–H and O–H groups in total. The minimum Gasteiger partial charge on any atom is -0.311 e. The van der Waals surface area contributed by atoms with E-state index in [-0.39, 0.29) is 6.71 Å². The predicted molar refractivity (Wildman–Crippen MR) is 204 cm³/mol. The Kier molecular flexibility index (Phi) is 5.91. The topological polar surface area (TPSA) is 3.24 Å². The van der Waals surface area contributed by atoms with Crippen molar-refractivity contribution >= 4 is 80.7 Å². The summed E-state index contributed by atoms with van der Waals surface area (Å²) in [6.07, 6.45) is 0. The monoisotopic (exact) mass is 631 g/mol. The third-order valence-electron chi connectivity index (χ3n) is 10.4. The Morgan fingerprint density at radius 1 is 0.511 bits per heavy atom. The minimum absolute atomic E-state index is 0.163. The molecule has 0 aromatic heterocycles.